The number of benzene rings is 1. The van der Waals surface area contributed by atoms with Gasteiger partial charge in [0.1, 0.15) is 5.75 Å². The van der Waals surface area contributed by atoms with Gasteiger partial charge in [0.05, 0.1) is 16.9 Å². The van der Waals surface area contributed by atoms with Crippen molar-refractivity contribution < 1.29 is 22.4 Å². The van der Waals surface area contributed by atoms with E-state index >= 15 is 0 Å². The molecule has 1 saturated heterocycles. The number of thiophene rings is 1. The molecule has 0 aliphatic carbocycles. The van der Waals surface area contributed by atoms with Gasteiger partial charge in [-0.15, -0.1) is 16.4 Å². The predicted molar refractivity (Wildman–Crippen MR) is 111 cm³/mol. The van der Waals surface area contributed by atoms with Crippen molar-refractivity contribution in [2.45, 2.75) is 17.7 Å². The summed E-state index contributed by atoms with van der Waals surface area (Å²) < 4.78 is 37.6. The molecule has 1 aromatic carbocycles. The van der Waals surface area contributed by atoms with E-state index in [1.807, 2.05) is 17.5 Å². The quantitative estimate of drug-likeness (QED) is 0.617. The molecule has 11 heteroatoms. The molecule has 0 atom stereocenters. The van der Waals surface area contributed by atoms with Gasteiger partial charge in [0.15, 0.2) is 0 Å². The molecule has 158 valence electrons. The molecule has 0 unspecified atom stereocenters. The number of sulfonamides is 1. The molecular weight excluding hydrogens is 428 g/mol. The zero-order valence-electron chi connectivity index (χ0n) is 16.1. The van der Waals surface area contributed by atoms with Crippen molar-refractivity contribution >= 4 is 33.3 Å². The van der Waals surface area contributed by atoms with Crippen LogP contribution in [-0.2, 0) is 14.8 Å². The summed E-state index contributed by atoms with van der Waals surface area (Å²) in [6, 6.07) is 10.0. The summed E-state index contributed by atoms with van der Waals surface area (Å²) in [6.45, 7) is 0.521. The number of carbonyl (C=O) groups is 1. The molecule has 30 heavy (non-hydrogen) atoms. The SMILES string of the molecule is COc1ccc(S(=O)(=O)N2CCC(C(=O)Nc3nnc(-c4cccs4)o3)CC2)cc1. The molecule has 1 N–H and O–H groups in total. The van der Waals surface area contributed by atoms with Crippen LogP contribution in [0.2, 0.25) is 0 Å². The van der Waals surface area contributed by atoms with Gasteiger partial charge in [-0.05, 0) is 48.6 Å². The Labute approximate surface area is 177 Å². The molecule has 1 fully saturated rings. The maximum absolute atomic E-state index is 12.8. The van der Waals surface area contributed by atoms with Gasteiger partial charge in [-0.1, -0.05) is 11.2 Å². The molecule has 0 bridgehead atoms. The molecule has 2 aromatic heterocycles. The van der Waals surface area contributed by atoms with Crippen molar-refractivity contribution in [1.29, 1.82) is 0 Å². The summed E-state index contributed by atoms with van der Waals surface area (Å²) in [4.78, 5) is 13.6. The van der Waals surface area contributed by atoms with E-state index in [1.165, 1.54) is 34.9 Å². The molecular formula is C19H20N4O5S2. The van der Waals surface area contributed by atoms with E-state index < -0.39 is 10.0 Å². The maximum atomic E-state index is 12.8. The van der Waals surface area contributed by atoms with Crippen LogP contribution in [0.5, 0.6) is 5.75 Å². The molecule has 1 aliphatic heterocycles. The molecule has 4 rings (SSSR count). The monoisotopic (exact) mass is 448 g/mol. The minimum Gasteiger partial charge on any atom is -0.497 e. The highest BCUT2D eigenvalue weighted by molar-refractivity contribution is 7.89. The Hall–Kier alpha value is -2.76. The fourth-order valence-corrected chi connectivity index (χ4v) is 5.35. The molecule has 9 nitrogen and oxygen atoms in total. The second-order valence-corrected chi connectivity index (χ2v) is 9.62. The molecule has 0 spiro atoms. The zero-order chi connectivity index (χ0) is 21.1. The summed E-state index contributed by atoms with van der Waals surface area (Å²) in [5.74, 6) is 0.357. The van der Waals surface area contributed by atoms with E-state index in [0.29, 0.717) is 24.5 Å². The van der Waals surface area contributed by atoms with Gasteiger partial charge in [0.25, 0.3) is 5.89 Å². The first kappa shape index (κ1) is 20.5. The number of methoxy groups -OCH3 is 1. The number of hydrogen-bond donors (Lipinski definition) is 1. The Balaban J connectivity index is 1.35. The van der Waals surface area contributed by atoms with E-state index in [2.05, 4.69) is 15.5 Å². The number of piperidine rings is 1. The van der Waals surface area contributed by atoms with Crippen LogP contribution in [0.1, 0.15) is 12.8 Å². The Morgan fingerprint density at radius 3 is 2.57 bits per heavy atom. The van der Waals surface area contributed by atoms with Crippen molar-refractivity contribution in [2.24, 2.45) is 5.92 Å². The van der Waals surface area contributed by atoms with Crippen molar-refractivity contribution in [1.82, 2.24) is 14.5 Å². The van der Waals surface area contributed by atoms with Gasteiger partial charge >= 0.3 is 6.01 Å². The third kappa shape index (κ3) is 4.23. The minimum absolute atomic E-state index is 0.0386. The smallest absolute Gasteiger partial charge is 0.322 e. The Morgan fingerprint density at radius 1 is 1.20 bits per heavy atom. The Kier molecular flexibility index (Phi) is 5.84. The first-order chi connectivity index (χ1) is 14.5. The van der Waals surface area contributed by atoms with Crippen LogP contribution in [0.4, 0.5) is 6.01 Å². The number of nitrogens with zero attached hydrogens (tertiary/aromatic N) is 3. The van der Waals surface area contributed by atoms with E-state index in [-0.39, 0.29) is 35.8 Å². The summed E-state index contributed by atoms with van der Waals surface area (Å²) in [5.41, 5.74) is 0. The van der Waals surface area contributed by atoms with Gasteiger partial charge in [-0.25, -0.2) is 8.42 Å². The topological polar surface area (TPSA) is 115 Å². The lowest BCUT2D eigenvalue weighted by Crippen LogP contribution is -2.41. The highest BCUT2D eigenvalue weighted by atomic mass is 32.2. The molecule has 0 saturated carbocycles. The van der Waals surface area contributed by atoms with Crippen LogP contribution in [0.15, 0.2) is 51.1 Å². The molecule has 0 radical (unpaired) electrons. The third-order valence-electron chi connectivity index (χ3n) is 4.91. The number of rotatable bonds is 6. The normalized spacial score (nSPS) is 15.8. The minimum atomic E-state index is -3.61. The molecule has 1 aliphatic rings. The third-order valence-corrected chi connectivity index (χ3v) is 7.68. The first-order valence-electron chi connectivity index (χ1n) is 9.30. The highest BCUT2D eigenvalue weighted by Crippen LogP contribution is 2.27. The largest absolute Gasteiger partial charge is 0.497 e. The van der Waals surface area contributed by atoms with Crippen molar-refractivity contribution in [3.63, 3.8) is 0 Å². The van der Waals surface area contributed by atoms with Gasteiger partial charge < -0.3 is 9.15 Å². The van der Waals surface area contributed by atoms with Crippen molar-refractivity contribution in [3.8, 4) is 16.5 Å². The zero-order valence-corrected chi connectivity index (χ0v) is 17.8. The van der Waals surface area contributed by atoms with Gasteiger partial charge in [-0.3, -0.25) is 10.1 Å². The van der Waals surface area contributed by atoms with E-state index in [1.54, 1.807) is 12.1 Å². The van der Waals surface area contributed by atoms with Crippen LogP contribution >= 0.6 is 11.3 Å². The second kappa shape index (κ2) is 8.54. The van der Waals surface area contributed by atoms with Crippen LogP contribution in [0.25, 0.3) is 10.8 Å². The molecule has 1 amide bonds. The lowest BCUT2D eigenvalue weighted by Gasteiger charge is -2.30. The lowest BCUT2D eigenvalue weighted by atomic mass is 9.97. The predicted octanol–water partition coefficient (Wildman–Crippen LogP) is 2.85. The number of nitrogens with one attached hydrogen (secondary N) is 1. The van der Waals surface area contributed by atoms with E-state index in [0.717, 1.165) is 4.88 Å². The second-order valence-electron chi connectivity index (χ2n) is 6.73. The average molecular weight is 449 g/mol. The van der Waals surface area contributed by atoms with Gasteiger partial charge in [0, 0.05) is 19.0 Å². The van der Waals surface area contributed by atoms with Gasteiger partial charge in [0.2, 0.25) is 15.9 Å². The molecule has 3 heterocycles. The van der Waals surface area contributed by atoms with Crippen LogP contribution in [0.3, 0.4) is 0 Å². The first-order valence-corrected chi connectivity index (χ1v) is 11.6. The number of ether oxygens (including phenoxy) is 1. The number of hydrogen-bond acceptors (Lipinski definition) is 8. The fourth-order valence-electron chi connectivity index (χ4n) is 3.24. The number of anilines is 1. The summed E-state index contributed by atoms with van der Waals surface area (Å²) in [6.07, 6.45) is 0.820. The fraction of sp³-hybridized carbons (Fsp3) is 0.316. The Morgan fingerprint density at radius 2 is 1.93 bits per heavy atom. The average Bonchev–Trinajstić information content (AvgIpc) is 3.46. The Bertz CT molecular complexity index is 1100. The van der Waals surface area contributed by atoms with Crippen LogP contribution in [-0.4, -0.2) is 49.0 Å². The summed E-state index contributed by atoms with van der Waals surface area (Å²) in [5, 5.41) is 12.3. The van der Waals surface area contributed by atoms with Crippen molar-refractivity contribution in [3.05, 3.63) is 41.8 Å². The van der Waals surface area contributed by atoms with E-state index in [4.69, 9.17) is 9.15 Å². The number of aromatic nitrogens is 2. The van der Waals surface area contributed by atoms with Crippen molar-refractivity contribution in [2.75, 3.05) is 25.5 Å². The van der Waals surface area contributed by atoms with Crippen LogP contribution < -0.4 is 10.1 Å². The highest BCUT2D eigenvalue weighted by Gasteiger charge is 2.32. The number of amides is 1. The molecule has 3 aromatic rings. The van der Waals surface area contributed by atoms with Crippen LogP contribution in [0, 0.1) is 5.92 Å². The summed E-state index contributed by atoms with van der Waals surface area (Å²) >= 11 is 1.46. The maximum Gasteiger partial charge on any atom is 0.322 e. The summed E-state index contributed by atoms with van der Waals surface area (Å²) in [7, 11) is -2.09. The van der Waals surface area contributed by atoms with Gasteiger partial charge in [-0.2, -0.15) is 4.31 Å². The standard InChI is InChI=1S/C19H20N4O5S2/c1-27-14-4-6-15(7-5-14)30(25,26)23-10-8-13(9-11-23)17(24)20-19-22-21-18(28-19)16-3-2-12-29-16/h2-7,12-13H,8-11H2,1H3,(H,20,22,24). The van der Waals surface area contributed by atoms with E-state index in [9.17, 15) is 13.2 Å². The lowest BCUT2D eigenvalue weighted by molar-refractivity contribution is -0.121. The number of carbonyl (C=O) groups excluding carboxylic acids is 1.